The van der Waals surface area contributed by atoms with Crippen molar-refractivity contribution >= 4 is 17.7 Å². The van der Waals surface area contributed by atoms with Gasteiger partial charge in [0.05, 0.1) is 12.0 Å². The van der Waals surface area contributed by atoms with E-state index in [0.717, 1.165) is 5.69 Å². The average molecular weight is 377 g/mol. The van der Waals surface area contributed by atoms with Crippen LogP contribution in [-0.4, -0.2) is 45.6 Å². The highest BCUT2D eigenvalue weighted by Gasteiger charge is 2.61. The first-order chi connectivity index (χ1) is 12.6. The Kier molecular flexibility index (Phi) is 4.80. The number of hydrogen-bond acceptors (Lipinski definition) is 3. The Labute approximate surface area is 156 Å². The molecule has 1 aliphatic rings. The number of halogens is 3. The van der Waals surface area contributed by atoms with Gasteiger partial charge >= 0.3 is 6.18 Å². The number of alkyl halides is 3. The van der Waals surface area contributed by atoms with Crippen LogP contribution >= 0.6 is 0 Å². The maximum atomic E-state index is 14.2. The summed E-state index contributed by atoms with van der Waals surface area (Å²) in [6, 6.07) is 11.2. The Morgan fingerprint density at radius 1 is 1.04 bits per heavy atom. The van der Waals surface area contributed by atoms with Crippen LogP contribution in [0.1, 0.15) is 11.1 Å². The Balaban J connectivity index is 2.06. The summed E-state index contributed by atoms with van der Waals surface area (Å²) in [5.41, 5.74) is -0.562. The van der Waals surface area contributed by atoms with Crippen LogP contribution in [-0.2, 0) is 12.0 Å². The number of aliphatic imine (C=N–C) groups is 1. The number of rotatable bonds is 4. The van der Waals surface area contributed by atoms with Gasteiger partial charge < -0.3 is 14.5 Å². The molecule has 1 unspecified atom stereocenters. The van der Waals surface area contributed by atoms with Crippen LogP contribution in [0.3, 0.4) is 0 Å². The lowest BCUT2D eigenvalue weighted by atomic mass is 9.87. The second-order valence-corrected chi connectivity index (χ2v) is 7.01. The van der Waals surface area contributed by atoms with Gasteiger partial charge in [-0.3, -0.25) is 0 Å². The van der Waals surface area contributed by atoms with Crippen molar-refractivity contribution in [2.24, 2.45) is 4.99 Å². The third kappa shape index (κ3) is 3.46. The van der Waals surface area contributed by atoms with Crippen molar-refractivity contribution in [1.82, 2.24) is 4.90 Å². The number of anilines is 1. The van der Waals surface area contributed by atoms with E-state index in [1.165, 1.54) is 12.1 Å². The molecule has 0 spiro atoms. The summed E-state index contributed by atoms with van der Waals surface area (Å²) in [5.74, 6) is 0.220. The smallest absolute Gasteiger partial charge is 0.432 e. The molecule has 0 N–H and O–H groups in total. The molecule has 2 aromatic carbocycles. The third-order valence-electron chi connectivity index (χ3n) is 4.55. The molecule has 1 heterocycles. The highest BCUT2D eigenvalue weighted by Crippen LogP contribution is 2.53. The monoisotopic (exact) mass is 377 g/mol. The van der Waals surface area contributed by atoms with Crippen LogP contribution < -0.4 is 9.64 Å². The summed E-state index contributed by atoms with van der Waals surface area (Å²) < 4.78 is 48.1. The molecule has 0 radical (unpaired) electrons. The van der Waals surface area contributed by atoms with Crippen molar-refractivity contribution < 1.29 is 17.9 Å². The first-order valence-electron chi connectivity index (χ1n) is 8.50. The van der Waals surface area contributed by atoms with E-state index in [-0.39, 0.29) is 17.7 Å². The molecule has 1 atom stereocenters. The molecule has 1 aliphatic heterocycles. The predicted octanol–water partition coefficient (Wildman–Crippen LogP) is 4.37. The minimum absolute atomic E-state index is 0.0827. The van der Waals surface area contributed by atoms with Gasteiger partial charge in [0.15, 0.2) is 0 Å². The Hall–Kier alpha value is -2.70. The van der Waals surface area contributed by atoms with Gasteiger partial charge in [-0.15, -0.1) is 0 Å². The minimum Gasteiger partial charge on any atom is -0.472 e. The van der Waals surface area contributed by atoms with Crippen LogP contribution in [0, 0.1) is 0 Å². The Bertz CT molecular complexity index is 845. The van der Waals surface area contributed by atoms with Gasteiger partial charge in [-0.05, 0) is 24.3 Å². The molecule has 4 nitrogen and oxygen atoms in total. The van der Waals surface area contributed by atoms with Crippen molar-refractivity contribution in [3.8, 4) is 5.75 Å². The second-order valence-electron chi connectivity index (χ2n) is 7.01. The Morgan fingerprint density at radius 2 is 1.70 bits per heavy atom. The molecule has 2 aromatic rings. The van der Waals surface area contributed by atoms with Crippen LogP contribution in [0.5, 0.6) is 5.75 Å². The molecule has 3 rings (SSSR count). The SMILES string of the molecule is CN(C)C=Nc1cccc2c1CC(c1ccc(N(C)C)cc1)(C(F)(F)F)O2. The normalized spacial score (nSPS) is 19.1. The van der Waals surface area contributed by atoms with Crippen molar-refractivity contribution in [2.45, 2.75) is 18.2 Å². The molecule has 144 valence electrons. The molecule has 0 saturated carbocycles. The molecule has 0 aromatic heterocycles. The van der Waals surface area contributed by atoms with E-state index < -0.39 is 11.8 Å². The van der Waals surface area contributed by atoms with Crippen LogP contribution in [0.25, 0.3) is 0 Å². The van der Waals surface area contributed by atoms with E-state index in [1.807, 2.05) is 19.0 Å². The topological polar surface area (TPSA) is 28.1 Å². The van der Waals surface area contributed by atoms with Crippen molar-refractivity contribution in [2.75, 3.05) is 33.1 Å². The standard InChI is InChI=1S/C20H22F3N3O/c1-25(2)13-24-17-6-5-7-18-16(17)12-19(27-18,20(21,22)23)14-8-10-15(11-9-14)26(3)4/h5-11,13H,12H2,1-4H3. The number of hydrogen-bond donors (Lipinski definition) is 0. The van der Waals surface area contributed by atoms with Crippen molar-refractivity contribution in [3.63, 3.8) is 0 Å². The largest absolute Gasteiger partial charge is 0.472 e. The lowest BCUT2D eigenvalue weighted by Crippen LogP contribution is -2.46. The zero-order valence-corrected chi connectivity index (χ0v) is 15.7. The third-order valence-corrected chi connectivity index (χ3v) is 4.55. The number of nitrogens with zero attached hydrogens (tertiary/aromatic N) is 3. The van der Waals surface area contributed by atoms with Crippen LogP contribution in [0.4, 0.5) is 24.5 Å². The second kappa shape index (κ2) is 6.79. The fourth-order valence-electron chi connectivity index (χ4n) is 3.11. The number of fused-ring (bicyclic) bond motifs is 1. The maximum absolute atomic E-state index is 14.2. The van der Waals surface area contributed by atoms with E-state index >= 15 is 0 Å². The van der Waals surface area contributed by atoms with Gasteiger partial charge in [0, 0.05) is 51.4 Å². The predicted molar refractivity (Wildman–Crippen MR) is 101 cm³/mol. The summed E-state index contributed by atoms with van der Waals surface area (Å²) in [4.78, 5) is 7.87. The highest BCUT2D eigenvalue weighted by molar-refractivity contribution is 5.66. The molecule has 7 heteroatoms. The molecular weight excluding hydrogens is 355 g/mol. The molecule has 0 aliphatic carbocycles. The summed E-state index contributed by atoms with van der Waals surface area (Å²) in [6.07, 6.45) is -3.32. The van der Waals surface area contributed by atoms with Gasteiger partial charge in [0.25, 0.3) is 0 Å². The zero-order valence-electron chi connectivity index (χ0n) is 15.7. The molecule has 0 fully saturated rings. The Morgan fingerprint density at radius 3 is 2.26 bits per heavy atom. The molecule has 0 amide bonds. The lowest BCUT2D eigenvalue weighted by molar-refractivity contribution is -0.248. The summed E-state index contributed by atoms with van der Waals surface area (Å²) >= 11 is 0. The van der Waals surface area contributed by atoms with Crippen LogP contribution in [0.15, 0.2) is 47.5 Å². The average Bonchev–Trinajstić information content (AvgIpc) is 3.01. The van der Waals surface area contributed by atoms with E-state index in [1.54, 1.807) is 55.7 Å². The first kappa shape index (κ1) is 19.1. The van der Waals surface area contributed by atoms with Gasteiger partial charge in [0.2, 0.25) is 5.60 Å². The van der Waals surface area contributed by atoms with Gasteiger partial charge in [-0.25, -0.2) is 4.99 Å². The summed E-state index contributed by atoms with van der Waals surface area (Å²) in [7, 11) is 7.28. The van der Waals surface area contributed by atoms with E-state index in [2.05, 4.69) is 4.99 Å². The minimum atomic E-state index is -4.58. The van der Waals surface area contributed by atoms with E-state index in [4.69, 9.17) is 4.74 Å². The van der Waals surface area contributed by atoms with Crippen molar-refractivity contribution in [1.29, 1.82) is 0 Å². The van der Waals surface area contributed by atoms with Crippen LogP contribution in [0.2, 0.25) is 0 Å². The fraction of sp³-hybridized carbons (Fsp3) is 0.350. The molecule has 27 heavy (non-hydrogen) atoms. The summed E-state index contributed by atoms with van der Waals surface area (Å²) in [6.45, 7) is 0. The lowest BCUT2D eigenvalue weighted by Gasteiger charge is -2.32. The number of ether oxygens (including phenoxy) is 1. The van der Waals surface area contributed by atoms with Gasteiger partial charge in [-0.1, -0.05) is 18.2 Å². The van der Waals surface area contributed by atoms with Gasteiger partial charge in [0.1, 0.15) is 5.75 Å². The van der Waals surface area contributed by atoms with Gasteiger partial charge in [-0.2, -0.15) is 13.2 Å². The zero-order chi connectivity index (χ0) is 19.8. The fourth-order valence-corrected chi connectivity index (χ4v) is 3.11. The maximum Gasteiger partial charge on any atom is 0.432 e. The quantitative estimate of drug-likeness (QED) is 0.585. The summed E-state index contributed by atoms with van der Waals surface area (Å²) in [5, 5.41) is 0. The molecular formula is C20H22F3N3O. The number of benzene rings is 2. The molecule has 0 saturated heterocycles. The van der Waals surface area contributed by atoms with E-state index in [9.17, 15) is 13.2 Å². The van der Waals surface area contributed by atoms with E-state index in [0.29, 0.717) is 11.3 Å². The molecule has 0 bridgehead atoms. The highest BCUT2D eigenvalue weighted by atomic mass is 19.4. The first-order valence-corrected chi connectivity index (χ1v) is 8.50. The van der Waals surface area contributed by atoms with Crippen molar-refractivity contribution in [3.05, 3.63) is 53.6 Å².